The number of likely N-dealkylation sites (tertiary alicyclic amines) is 1. The highest BCUT2D eigenvalue weighted by Gasteiger charge is 2.31. The average molecular weight is 388 g/mol. The second kappa shape index (κ2) is 7.04. The maximum absolute atomic E-state index is 12.7. The fraction of sp³-hybridized carbons (Fsp3) is 0.667. The van der Waals surface area contributed by atoms with Gasteiger partial charge < -0.3 is 9.88 Å². The highest BCUT2D eigenvalue weighted by atomic mass is 32.1. The van der Waals surface area contributed by atoms with E-state index >= 15 is 0 Å². The first-order valence-electron chi connectivity index (χ1n) is 10.1. The molecule has 1 amide bonds. The third-order valence-corrected chi connectivity index (χ3v) is 7.38. The van der Waals surface area contributed by atoms with Crippen LogP contribution in [-0.2, 0) is 24.1 Å². The molecule has 27 heavy (non-hydrogen) atoms. The molecule has 2 aromatic heterocycles. The number of aryl methyl sites for hydroxylation is 2. The van der Waals surface area contributed by atoms with Gasteiger partial charge >= 0.3 is 0 Å². The molecule has 5 nitrogen and oxygen atoms in total. The molecule has 0 bridgehead atoms. The molecule has 0 aromatic carbocycles. The Morgan fingerprint density at radius 1 is 1.30 bits per heavy atom. The third kappa shape index (κ3) is 3.68. The van der Waals surface area contributed by atoms with Crippen molar-refractivity contribution >= 4 is 27.5 Å². The van der Waals surface area contributed by atoms with Crippen LogP contribution in [0.2, 0.25) is 0 Å². The largest absolute Gasteiger partial charge is 0.343 e. The highest BCUT2D eigenvalue weighted by molar-refractivity contribution is 7.18. The fourth-order valence-corrected chi connectivity index (χ4v) is 5.76. The number of amides is 1. The molecular formula is C21H29N3O2S. The van der Waals surface area contributed by atoms with Crippen LogP contribution in [0.25, 0.3) is 10.2 Å². The van der Waals surface area contributed by atoms with E-state index in [4.69, 9.17) is 4.98 Å². The molecule has 1 aliphatic carbocycles. The van der Waals surface area contributed by atoms with Gasteiger partial charge in [-0.25, -0.2) is 4.98 Å². The maximum Gasteiger partial charge on any atom is 0.259 e. The number of thiophene rings is 1. The zero-order valence-corrected chi connectivity index (χ0v) is 17.4. The van der Waals surface area contributed by atoms with Gasteiger partial charge in [-0.1, -0.05) is 20.8 Å². The molecule has 146 valence electrons. The summed E-state index contributed by atoms with van der Waals surface area (Å²) in [5.41, 5.74) is 1.47. The lowest BCUT2D eigenvalue weighted by Gasteiger charge is -2.33. The van der Waals surface area contributed by atoms with E-state index in [2.05, 4.69) is 25.8 Å². The van der Waals surface area contributed by atoms with Crippen LogP contribution in [-0.4, -0.2) is 33.9 Å². The summed E-state index contributed by atoms with van der Waals surface area (Å²) in [5.74, 6) is 1.47. The van der Waals surface area contributed by atoms with E-state index in [1.54, 1.807) is 11.3 Å². The summed E-state index contributed by atoms with van der Waals surface area (Å²) in [6.45, 7) is 8.65. The summed E-state index contributed by atoms with van der Waals surface area (Å²) in [6, 6.07) is 0. The van der Waals surface area contributed by atoms with E-state index in [0.717, 1.165) is 55.4 Å². The number of hydrogen-bond donors (Lipinski definition) is 1. The highest BCUT2D eigenvalue weighted by Crippen LogP contribution is 2.41. The van der Waals surface area contributed by atoms with Crippen LogP contribution in [0.3, 0.4) is 0 Å². The normalized spacial score (nSPS) is 20.3. The summed E-state index contributed by atoms with van der Waals surface area (Å²) < 4.78 is 0. The summed E-state index contributed by atoms with van der Waals surface area (Å²) in [6.07, 6.45) is 6.27. The second-order valence-corrected chi connectivity index (χ2v) is 10.2. The van der Waals surface area contributed by atoms with Crippen molar-refractivity contribution in [3.8, 4) is 0 Å². The zero-order chi connectivity index (χ0) is 19.2. The second-order valence-electron chi connectivity index (χ2n) is 9.09. The van der Waals surface area contributed by atoms with Gasteiger partial charge in [0.1, 0.15) is 10.7 Å². The van der Waals surface area contributed by atoms with Gasteiger partial charge in [0.15, 0.2) is 0 Å². The van der Waals surface area contributed by atoms with Crippen molar-refractivity contribution in [3.05, 3.63) is 26.6 Å². The Bertz CT molecular complexity index is 916. The van der Waals surface area contributed by atoms with Crippen molar-refractivity contribution in [1.82, 2.24) is 14.9 Å². The van der Waals surface area contributed by atoms with Crippen LogP contribution in [0.15, 0.2) is 4.79 Å². The topological polar surface area (TPSA) is 66.1 Å². The van der Waals surface area contributed by atoms with Crippen molar-refractivity contribution in [2.24, 2.45) is 11.3 Å². The Labute approximate surface area is 164 Å². The van der Waals surface area contributed by atoms with Gasteiger partial charge in [0.05, 0.1) is 5.39 Å². The molecule has 0 radical (unpaired) electrons. The molecule has 1 saturated heterocycles. The van der Waals surface area contributed by atoms with E-state index in [-0.39, 0.29) is 16.9 Å². The quantitative estimate of drug-likeness (QED) is 0.873. The van der Waals surface area contributed by atoms with E-state index in [0.29, 0.717) is 24.6 Å². The molecule has 0 spiro atoms. The van der Waals surface area contributed by atoms with Gasteiger partial charge in [-0.05, 0) is 49.0 Å². The smallest absolute Gasteiger partial charge is 0.259 e. The van der Waals surface area contributed by atoms with Crippen LogP contribution in [0.5, 0.6) is 0 Å². The number of nitrogens with one attached hydrogen (secondary N) is 1. The van der Waals surface area contributed by atoms with Gasteiger partial charge in [-0.3, -0.25) is 9.59 Å². The third-order valence-electron chi connectivity index (χ3n) is 6.23. The fourth-order valence-electron chi connectivity index (χ4n) is 4.44. The van der Waals surface area contributed by atoms with E-state index in [1.807, 2.05) is 4.90 Å². The molecule has 2 aromatic rings. The van der Waals surface area contributed by atoms with Crippen LogP contribution < -0.4 is 5.56 Å². The molecule has 0 saturated carbocycles. The number of H-pyrrole nitrogens is 1. The minimum absolute atomic E-state index is 0.0321. The number of carbonyl (C=O) groups excluding carboxylic acids is 1. The van der Waals surface area contributed by atoms with Crippen molar-refractivity contribution < 1.29 is 4.79 Å². The van der Waals surface area contributed by atoms with E-state index in [1.165, 1.54) is 10.4 Å². The van der Waals surface area contributed by atoms with Crippen molar-refractivity contribution in [3.63, 3.8) is 0 Å². The molecule has 1 fully saturated rings. The molecular weight excluding hydrogens is 358 g/mol. The molecule has 1 N–H and O–H groups in total. The Kier molecular flexibility index (Phi) is 4.87. The zero-order valence-electron chi connectivity index (χ0n) is 16.6. The number of aromatic amines is 1. The summed E-state index contributed by atoms with van der Waals surface area (Å²) in [7, 11) is 0. The van der Waals surface area contributed by atoms with Crippen LogP contribution in [0, 0.1) is 11.3 Å². The summed E-state index contributed by atoms with van der Waals surface area (Å²) >= 11 is 1.68. The number of carbonyl (C=O) groups is 1. The first-order chi connectivity index (χ1) is 12.8. The molecule has 1 atom stereocenters. The molecule has 6 heteroatoms. The van der Waals surface area contributed by atoms with Crippen molar-refractivity contribution in [2.45, 2.75) is 65.7 Å². The number of rotatable bonds is 3. The predicted octanol–water partition coefficient (Wildman–Crippen LogP) is 3.69. The number of aromatic nitrogens is 2. The Hall–Kier alpha value is -1.69. The Morgan fingerprint density at radius 3 is 2.74 bits per heavy atom. The minimum Gasteiger partial charge on any atom is -0.343 e. The average Bonchev–Trinajstić information content (AvgIpc) is 3.25. The van der Waals surface area contributed by atoms with Gasteiger partial charge in [-0.2, -0.15) is 0 Å². The van der Waals surface area contributed by atoms with Crippen LogP contribution in [0.4, 0.5) is 0 Å². The Morgan fingerprint density at radius 2 is 2.04 bits per heavy atom. The van der Waals surface area contributed by atoms with Crippen LogP contribution >= 0.6 is 11.3 Å². The van der Waals surface area contributed by atoms with Gasteiger partial charge in [-0.15, -0.1) is 11.3 Å². The van der Waals surface area contributed by atoms with Gasteiger partial charge in [0.2, 0.25) is 5.91 Å². The molecule has 1 aliphatic heterocycles. The molecule has 3 heterocycles. The van der Waals surface area contributed by atoms with Gasteiger partial charge in [0.25, 0.3) is 5.56 Å². The molecule has 4 rings (SSSR count). The SMILES string of the molecule is CC(C)(C)C1CCc2c(sc3nc(CCC(=O)N4CCCC4)[nH]c(=O)c23)C1. The first-order valence-corrected chi connectivity index (χ1v) is 11.0. The monoisotopic (exact) mass is 387 g/mol. The lowest BCUT2D eigenvalue weighted by molar-refractivity contribution is -0.130. The van der Waals surface area contributed by atoms with Crippen molar-refractivity contribution in [2.75, 3.05) is 13.1 Å². The van der Waals surface area contributed by atoms with E-state index < -0.39 is 0 Å². The summed E-state index contributed by atoms with van der Waals surface area (Å²) in [4.78, 5) is 36.8. The minimum atomic E-state index is -0.0321. The lowest BCUT2D eigenvalue weighted by Crippen LogP contribution is -2.28. The lowest BCUT2D eigenvalue weighted by atomic mass is 9.72. The molecule has 2 aliphatic rings. The van der Waals surface area contributed by atoms with Crippen molar-refractivity contribution in [1.29, 1.82) is 0 Å². The number of nitrogens with zero attached hydrogens (tertiary/aromatic N) is 2. The maximum atomic E-state index is 12.7. The van der Waals surface area contributed by atoms with Gasteiger partial charge in [0, 0.05) is 30.8 Å². The van der Waals surface area contributed by atoms with E-state index in [9.17, 15) is 9.59 Å². The number of fused-ring (bicyclic) bond motifs is 3. The number of hydrogen-bond acceptors (Lipinski definition) is 4. The van der Waals surface area contributed by atoms with Crippen LogP contribution in [0.1, 0.15) is 62.7 Å². The predicted molar refractivity (Wildman–Crippen MR) is 109 cm³/mol. The summed E-state index contributed by atoms with van der Waals surface area (Å²) in [5, 5.41) is 0.789. The standard InChI is InChI=1S/C21H29N3O2S/c1-21(2,3)13-6-7-14-15(12-13)27-20-18(14)19(26)22-16(23-20)8-9-17(25)24-10-4-5-11-24/h13H,4-12H2,1-3H3,(H,22,23,26). The Balaban J connectivity index is 1.55. The molecule has 1 unspecified atom stereocenters. The first kappa shape index (κ1) is 18.7.